The third kappa shape index (κ3) is 7.10. The van der Waals surface area contributed by atoms with E-state index in [1.165, 1.54) is 6.08 Å². The molecule has 0 aliphatic carbocycles. The van der Waals surface area contributed by atoms with Gasteiger partial charge >= 0.3 is 12.1 Å². The van der Waals surface area contributed by atoms with Crippen molar-refractivity contribution in [3.05, 3.63) is 113 Å². The summed E-state index contributed by atoms with van der Waals surface area (Å²) in [5.74, 6) is 0.717. The average molecular weight is 513 g/mol. The van der Waals surface area contributed by atoms with E-state index in [9.17, 15) is 14.7 Å². The standard InChI is InChI=1S/C30H28N2O6/c1-20-17-23(18-26(29(33)34)32-30(35)37-19-22-9-5-3-6-10-22)13-14-27(20)36-16-15-25-21(2)38-28(31-25)24-11-7-4-8-12-24/h3-14,17-18H,15-16,19H2,1-2H3,(H,32,35)(H,33,34)/b26-18+. The number of ether oxygens (including phenoxy) is 2. The Labute approximate surface area is 220 Å². The summed E-state index contributed by atoms with van der Waals surface area (Å²) < 4.78 is 16.9. The first-order valence-electron chi connectivity index (χ1n) is 12.1. The average Bonchev–Trinajstić information content (AvgIpc) is 3.29. The zero-order valence-electron chi connectivity index (χ0n) is 21.1. The van der Waals surface area contributed by atoms with Crippen molar-refractivity contribution in [1.29, 1.82) is 0 Å². The van der Waals surface area contributed by atoms with Crippen LogP contribution in [0.25, 0.3) is 17.5 Å². The van der Waals surface area contributed by atoms with Gasteiger partial charge in [-0.15, -0.1) is 0 Å². The molecule has 1 aromatic heterocycles. The van der Waals surface area contributed by atoms with Crippen molar-refractivity contribution < 1.29 is 28.6 Å². The Morgan fingerprint density at radius 1 is 1.00 bits per heavy atom. The van der Waals surface area contributed by atoms with Crippen LogP contribution in [0.5, 0.6) is 5.75 Å². The first-order chi connectivity index (χ1) is 18.4. The molecule has 38 heavy (non-hydrogen) atoms. The molecule has 0 bridgehead atoms. The third-order valence-electron chi connectivity index (χ3n) is 5.70. The molecule has 0 radical (unpaired) electrons. The molecule has 8 nitrogen and oxygen atoms in total. The Kier molecular flexibility index (Phi) is 8.56. The van der Waals surface area contributed by atoms with Gasteiger partial charge in [0.1, 0.15) is 23.8 Å². The number of nitrogens with zero attached hydrogens (tertiary/aromatic N) is 1. The third-order valence-corrected chi connectivity index (χ3v) is 5.70. The highest BCUT2D eigenvalue weighted by molar-refractivity contribution is 5.95. The van der Waals surface area contributed by atoms with Gasteiger partial charge in [0.25, 0.3) is 0 Å². The van der Waals surface area contributed by atoms with Crippen molar-refractivity contribution >= 4 is 18.1 Å². The first kappa shape index (κ1) is 26.2. The van der Waals surface area contributed by atoms with E-state index in [-0.39, 0.29) is 12.3 Å². The van der Waals surface area contributed by atoms with Crippen LogP contribution in [-0.4, -0.2) is 28.8 Å². The molecule has 1 heterocycles. The fraction of sp³-hybridized carbons (Fsp3) is 0.167. The zero-order valence-corrected chi connectivity index (χ0v) is 21.1. The normalized spacial score (nSPS) is 11.2. The highest BCUT2D eigenvalue weighted by Crippen LogP contribution is 2.23. The monoisotopic (exact) mass is 512 g/mol. The highest BCUT2D eigenvalue weighted by Gasteiger charge is 2.14. The summed E-state index contributed by atoms with van der Waals surface area (Å²) in [6.45, 7) is 4.18. The smallest absolute Gasteiger partial charge is 0.412 e. The summed E-state index contributed by atoms with van der Waals surface area (Å²) in [7, 11) is 0. The van der Waals surface area contributed by atoms with Crippen LogP contribution in [0.2, 0.25) is 0 Å². The SMILES string of the molecule is Cc1cc(/C=C(/NC(=O)OCc2ccccc2)C(=O)O)ccc1OCCc1nc(-c2ccccc2)oc1C. The van der Waals surface area contributed by atoms with Crippen LogP contribution in [0.15, 0.2) is 89.0 Å². The van der Waals surface area contributed by atoms with Crippen LogP contribution in [0, 0.1) is 13.8 Å². The number of oxazole rings is 1. The molecule has 4 aromatic rings. The minimum Gasteiger partial charge on any atom is -0.493 e. The van der Waals surface area contributed by atoms with Gasteiger partial charge < -0.3 is 19.0 Å². The minimum absolute atomic E-state index is 0.0339. The number of carboxylic acid groups (broad SMARTS) is 1. The number of hydrogen-bond acceptors (Lipinski definition) is 6. The van der Waals surface area contributed by atoms with Gasteiger partial charge in [0.2, 0.25) is 5.89 Å². The Morgan fingerprint density at radius 2 is 1.71 bits per heavy atom. The summed E-state index contributed by atoms with van der Waals surface area (Å²) >= 11 is 0. The Balaban J connectivity index is 1.34. The van der Waals surface area contributed by atoms with E-state index in [1.54, 1.807) is 18.2 Å². The van der Waals surface area contributed by atoms with Gasteiger partial charge in [-0.05, 0) is 60.9 Å². The van der Waals surface area contributed by atoms with Crippen LogP contribution in [0.1, 0.15) is 28.1 Å². The van der Waals surface area contributed by atoms with E-state index in [1.807, 2.05) is 74.5 Å². The molecule has 0 spiro atoms. The molecular formula is C30H28N2O6. The summed E-state index contributed by atoms with van der Waals surface area (Å²) in [4.78, 5) is 28.4. The molecule has 0 atom stereocenters. The number of carbonyl (C=O) groups excluding carboxylic acids is 1. The van der Waals surface area contributed by atoms with Crippen molar-refractivity contribution in [1.82, 2.24) is 10.3 Å². The number of amides is 1. The molecule has 1 amide bonds. The van der Waals surface area contributed by atoms with Crippen LogP contribution in [-0.2, 0) is 22.6 Å². The van der Waals surface area contributed by atoms with E-state index in [0.717, 1.165) is 28.1 Å². The second-order valence-corrected chi connectivity index (χ2v) is 8.56. The fourth-order valence-corrected chi connectivity index (χ4v) is 3.73. The predicted octanol–water partition coefficient (Wildman–Crippen LogP) is 5.93. The van der Waals surface area contributed by atoms with Crippen LogP contribution in [0.3, 0.4) is 0 Å². The highest BCUT2D eigenvalue weighted by atomic mass is 16.5. The number of hydrogen-bond donors (Lipinski definition) is 2. The van der Waals surface area contributed by atoms with Crippen molar-refractivity contribution in [3.8, 4) is 17.2 Å². The number of alkyl carbamates (subject to hydrolysis) is 1. The lowest BCUT2D eigenvalue weighted by molar-refractivity contribution is -0.132. The summed E-state index contributed by atoms with van der Waals surface area (Å²) in [5.41, 5.74) is 3.66. The van der Waals surface area contributed by atoms with Gasteiger partial charge in [0, 0.05) is 12.0 Å². The summed E-state index contributed by atoms with van der Waals surface area (Å²) in [6.07, 6.45) is 1.09. The van der Waals surface area contributed by atoms with E-state index in [0.29, 0.717) is 30.2 Å². The molecule has 0 aliphatic rings. The molecule has 4 rings (SSSR count). The van der Waals surface area contributed by atoms with E-state index >= 15 is 0 Å². The largest absolute Gasteiger partial charge is 0.493 e. The van der Waals surface area contributed by atoms with Gasteiger partial charge in [-0.2, -0.15) is 0 Å². The van der Waals surface area contributed by atoms with Crippen molar-refractivity contribution in [2.45, 2.75) is 26.9 Å². The number of aliphatic carboxylic acids is 1. The van der Waals surface area contributed by atoms with Gasteiger partial charge in [-0.1, -0.05) is 54.6 Å². The van der Waals surface area contributed by atoms with Crippen molar-refractivity contribution in [2.24, 2.45) is 0 Å². The Hall–Kier alpha value is -4.85. The summed E-state index contributed by atoms with van der Waals surface area (Å²) in [6, 6.07) is 24.1. The van der Waals surface area contributed by atoms with Gasteiger partial charge in [-0.25, -0.2) is 14.6 Å². The fourth-order valence-electron chi connectivity index (χ4n) is 3.73. The number of benzene rings is 3. The topological polar surface area (TPSA) is 111 Å². The number of nitrogens with one attached hydrogen (secondary N) is 1. The number of rotatable bonds is 10. The molecule has 8 heteroatoms. The number of carboxylic acids is 1. The van der Waals surface area contributed by atoms with Crippen LogP contribution >= 0.6 is 0 Å². The molecule has 2 N–H and O–H groups in total. The van der Waals surface area contributed by atoms with Gasteiger partial charge in [0.05, 0.1) is 12.3 Å². The zero-order chi connectivity index (χ0) is 26.9. The van der Waals surface area contributed by atoms with Crippen molar-refractivity contribution in [3.63, 3.8) is 0 Å². The van der Waals surface area contributed by atoms with Crippen molar-refractivity contribution in [2.75, 3.05) is 6.61 Å². The maximum Gasteiger partial charge on any atom is 0.412 e. The second-order valence-electron chi connectivity index (χ2n) is 8.56. The van der Waals surface area contributed by atoms with Crippen LogP contribution < -0.4 is 10.1 Å². The number of carbonyl (C=O) groups is 2. The quantitative estimate of drug-likeness (QED) is 0.253. The molecule has 0 fully saturated rings. The van der Waals surface area contributed by atoms with E-state index in [2.05, 4.69) is 10.3 Å². The number of aromatic nitrogens is 1. The van der Waals surface area contributed by atoms with Gasteiger partial charge in [0.15, 0.2) is 0 Å². The Morgan fingerprint density at radius 3 is 2.39 bits per heavy atom. The summed E-state index contributed by atoms with van der Waals surface area (Å²) in [5, 5.41) is 11.8. The number of aryl methyl sites for hydroxylation is 2. The molecule has 0 saturated heterocycles. The lowest BCUT2D eigenvalue weighted by Gasteiger charge is -2.10. The van der Waals surface area contributed by atoms with Gasteiger partial charge in [-0.3, -0.25) is 5.32 Å². The second kappa shape index (κ2) is 12.4. The lowest BCUT2D eigenvalue weighted by Crippen LogP contribution is -2.27. The predicted molar refractivity (Wildman–Crippen MR) is 142 cm³/mol. The first-order valence-corrected chi connectivity index (χ1v) is 12.1. The molecule has 0 saturated carbocycles. The molecular weight excluding hydrogens is 484 g/mol. The molecule has 0 aliphatic heterocycles. The maximum absolute atomic E-state index is 12.1. The minimum atomic E-state index is -1.28. The van der Waals surface area contributed by atoms with Crippen LogP contribution in [0.4, 0.5) is 4.79 Å². The van der Waals surface area contributed by atoms with E-state index < -0.39 is 12.1 Å². The van der Waals surface area contributed by atoms with E-state index in [4.69, 9.17) is 13.9 Å². The molecule has 3 aromatic carbocycles. The maximum atomic E-state index is 12.1. The molecule has 0 unspecified atom stereocenters. The Bertz CT molecular complexity index is 1430. The lowest BCUT2D eigenvalue weighted by atomic mass is 10.1. The molecule has 194 valence electrons.